The fraction of sp³-hybridized carbons (Fsp3) is 0.154. The topological polar surface area (TPSA) is 123 Å². The summed E-state index contributed by atoms with van der Waals surface area (Å²) in [4.78, 5) is 3.41. The highest BCUT2D eigenvalue weighted by atomic mass is 35.5. The van der Waals surface area contributed by atoms with Crippen LogP contribution in [0.5, 0.6) is 5.75 Å². The Morgan fingerprint density at radius 1 is 1.25 bits per heavy atom. The highest BCUT2D eigenvalue weighted by Gasteiger charge is 2.20. The van der Waals surface area contributed by atoms with E-state index in [0.717, 1.165) is 12.5 Å². The molecule has 0 radical (unpaired) electrons. The largest absolute Gasteiger partial charge is 0.476 e. The van der Waals surface area contributed by atoms with Crippen molar-refractivity contribution >= 4 is 37.4 Å². The molecule has 0 amide bonds. The normalized spacial score (nSPS) is 12.0. The number of benzene rings is 1. The Hall–Kier alpha value is -1.88. The molecule has 0 aliphatic rings. The molecular formula is C13H13ClN2O6S2. The molecule has 2 N–H and O–H groups in total. The minimum absolute atomic E-state index is 0.202. The summed E-state index contributed by atoms with van der Waals surface area (Å²) in [7, 11) is -8.08. The summed E-state index contributed by atoms with van der Waals surface area (Å²) in [5, 5.41) is 0. The van der Waals surface area contributed by atoms with Crippen molar-refractivity contribution in [2.24, 2.45) is 0 Å². The Morgan fingerprint density at radius 3 is 2.50 bits per heavy atom. The molecule has 0 bridgehead atoms. The molecule has 11 heteroatoms. The SMILES string of the molecule is CS(=O)(=O)Nc1ccccc1-c1cc(OCCl)c(S(=O)(=O)O)cn1. The van der Waals surface area contributed by atoms with Crippen LogP contribution in [0.2, 0.25) is 0 Å². The van der Waals surface area contributed by atoms with Crippen LogP contribution in [0.4, 0.5) is 5.69 Å². The summed E-state index contributed by atoms with van der Waals surface area (Å²) in [6.07, 6.45) is 1.91. The van der Waals surface area contributed by atoms with Crippen molar-refractivity contribution in [3.8, 4) is 17.0 Å². The summed E-state index contributed by atoms with van der Waals surface area (Å²) >= 11 is 5.46. The van der Waals surface area contributed by atoms with E-state index in [-0.39, 0.29) is 23.2 Å². The molecule has 1 aromatic heterocycles. The van der Waals surface area contributed by atoms with Crippen LogP contribution >= 0.6 is 11.6 Å². The van der Waals surface area contributed by atoms with E-state index in [1.54, 1.807) is 18.2 Å². The van der Waals surface area contributed by atoms with Gasteiger partial charge in [-0.25, -0.2) is 8.42 Å². The monoisotopic (exact) mass is 392 g/mol. The van der Waals surface area contributed by atoms with Gasteiger partial charge in [-0.05, 0) is 6.07 Å². The third kappa shape index (κ3) is 4.57. The standard InChI is InChI=1S/C13H13ClN2O6S2/c1-23(17,18)16-10-5-3-2-4-9(10)11-6-12(22-8-14)13(7-15-11)24(19,20)21/h2-7,16H,8H2,1H3,(H,19,20,21). The van der Waals surface area contributed by atoms with Gasteiger partial charge in [-0.3, -0.25) is 14.3 Å². The number of sulfonamides is 1. The van der Waals surface area contributed by atoms with E-state index in [4.69, 9.17) is 16.3 Å². The zero-order valence-corrected chi connectivity index (χ0v) is 14.7. The smallest absolute Gasteiger partial charge is 0.299 e. The Morgan fingerprint density at radius 2 is 1.92 bits per heavy atom. The number of nitrogens with one attached hydrogen (secondary N) is 1. The van der Waals surface area contributed by atoms with Crippen molar-refractivity contribution in [1.82, 2.24) is 4.98 Å². The molecule has 0 fully saturated rings. The first-order valence-electron chi connectivity index (χ1n) is 6.35. The highest BCUT2D eigenvalue weighted by molar-refractivity contribution is 7.92. The van der Waals surface area contributed by atoms with Gasteiger partial charge >= 0.3 is 0 Å². The van der Waals surface area contributed by atoms with E-state index in [2.05, 4.69) is 9.71 Å². The molecule has 8 nitrogen and oxygen atoms in total. The Bertz CT molecular complexity index is 960. The summed E-state index contributed by atoms with van der Waals surface area (Å²) in [6.45, 7) is 0. The molecular weight excluding hydrogens is 380 g/mol. The van der Waals surface area contributed by atoms with Gasteiger partial charge in [0.2, 0.25) is 10.0 Å². The van der Waals surface area contributed by atoms with Crippen LogP contribution < -0.4 is 9.46 Å². The summed E-state index contributed by atoms with van der Waals surface area (Å²) in [6, 6.07) is 7.29. The molecule has 0 unspecified atom stereocenters. The van der Waals surface area contributed by atoms with Gasteiger partial charge in [-0.15, -0.1) is 0 Å². The number of hydrogen-bond acceptors (Lipinski definition) is 6. The summed E-state index contributed by atoms with van der Waals surface area (Å²) in [5.41, 5.74) is 0.877. The molecule has 0 aliphatic heterocycles. The Kier molecular flexibility index (Phi) is 5.33. The van der Waals surface area contributed by atoms with Crippen molar-refractivity contribution in [2.45, 2.75) is 4.90 Å². The first kappa shape index (κ1) is 18.5. The lowest BCUT2D eigenvalue weighted by Crippen LogP contribution is -2.10. The quantitative estimate of drug-likeness (QED) is 0.568. The molecule has 0 saturated heterocycles. The zero-order valence-electron chi connectivity index (χ0n) is 12.3. The number of pyridine rings is 1. The van der Waals surface area contributed by atoms with Crippen molar-refractivity contribution in [3.05, 3.63) is 36.5 Å². The second kappa shape index (κ2) is 6.93. The van der Waals surface area contributed by atoms with Gasteiger partial charge in [0.15, 0.2) is 11.0 Å². The van der Waals surface area contributed by atoms with Gasteiger partial charge in [0.25, 0.3) is 10.1 Å². The van der Waals surface area contributed by atoms with Crippen molar-refractivity contribution in [1.29, 1.82) is 0 Å². The average molecular weight is 393 g/mol. The number of halogens is 1. The fourth-order valence-electron chi connectivity index (χ4n) is 1.93. The third-order valence-electron chi connectivity index (χ3n) is 2.82. The summed E-state index contributed by atoms with van der Waals surface area (Å²) < 4.78 is 62.1. The average Bonchev–Trinajstić information content (AvgIpc) is 2.45. The fourth-order valence-corrected chi connectivity index (χ4v) is 3.19. The van der Waals surface area contributed by atoms with Crippen molar-refractivity contribution in [2.75, 3.05) is 17.0 Å². The molecule has 24 heavy (non-hydrogen) atoms. The van der Waals surface area contributed by atoms with E-state index in [0.29, 0.717) is 5.56 Å². The first-order chi connectivity index (χ1) is 11.1. The van der Waals surface area contributed by atoms with Crippen LogP contribution in [0, 0.1) is 0 Å². The van der Waals surface area contributed by atoms with Crippen molar-refractivity contribution < 1.29 is 26.1 Å². The Balaban J connectivity index is 2.60. The molecule has 0 spiro atoms. The van der Waals surface area contributed by atoms with Crippen LogP contribution in [-0.2, 0) is 20.1 Å². The highest BCUT2D eigenvalue weighted by Crippen LogP contribution is 2.32. The third-order valence-corrected chi connectivity index (χ3v) is 4.38. The molecule has 2 rings (SSSR count). The molecule has 1 aromatic carbocycles. The molecule has 130 valence electrons. The minimum Gasteiger partial charge on any atom is -0.476 e. The number of hydrogen-bond donors (Lipinski definition) is 2. The molecule has 0 atom stereocenters. The predicted octanol–water partition coefficient (Wildman–Crippen LogP) is 1.94. The van der Waals surface area contributed by atoms with E-state index in [1.807, 2.05) is 0 Å². The molecule has 2 aromatic rings. The van der Waals surface area contributed by atoms with Crippen LogP contribution in [-0.4, -0.2) is 38.7 Å². The van der Waals surface area contributed by atoms with Crippen LogP contribution in [0.15, 0.2) is 41.4 Å². The maximum atomic E-state index is 11.5. The second-order valence-corrected chi connectivity index (χ2v) is 8.02. The number of anilines is 1. The second-order valence-electron chi connectivity index (χ2n) is 4.66. The lowest BCUT2D eigenvalue weighted by Gasteiger charge is -2.12. The van der Waals surface area contributed by atoms with E-state index < -0.39 is 25.0 Å². The predicted molar refractivity (Wildman–Crippen MR) is 89.3 cm³/mol. The van der Waals surface area contributed by atoms with Crippen LogP contribution in [0.3, 0.4) is 0 Å². The van der Waals surface area contributed by atoms with Gasteiger partial charge in [0, 0.05) is 11.6 Å². The number of ether oxygens (including phenoxy) is 1. The number of alkyl halides is 1. The maximum Gasteiger partial charge on any atom is 0.299 e. The van der Waals surface area contributed by atoms with Crippen molar-refractivity contribution in [3.63, 3.8) is 0 Å². The number of para-hydroxylation sites is 1. The Labute approximate surface area is 144 Å². The zero-order chi connectivity index (χ0) is 18.0. The van der Waals surface area contributed by atoms with Gasteiger partial charge in [-0.2, -0.15) is 8.42 Å². The van der Waals surface area contributed by atoms with Crippen LogP contribution in [0.25, 0.3) is 11.3 Å². The number of aromatic nitrogens is 1. The number of nitrogens with zero attached hydrogens (tertiary/aromatic N) is 1. The summed E-state index contributed by atoms with van der Waals surface area (Å²) in [5.74, 6) is -0.202. The van der Waals surface area contributed by atoms with E-state index in [9.17, 15) is 21.4 Å². The van der Waals surface area contributed by atoms with E-state index in [1.165, 1.54) is 12.1 Å². The molecule has 0 aliphatic carbocycles. The van der Waals surface area contributed by atoms with Gasteiger partial charge in [0.1, 0.15) is 5.75 Å². The molecule has 1 heterocycles. The van der Waals surface area contributed by atoms with Gasteiger partial charge in [-0.1, -0.05) is 29.8 Å². The number of rotatable bonds is 6. The first-order valence-corrected chi connectivity index (χ1v) is 10.2. The van der Waals surface area contributed by atoms with Gasteiger partial charge in [0.05, 0.1) is 23.8 Å². The van der Waals surface area contributed by atoms with E-state index >= 15 is 0 Å². The van der Waals surface area contributed by atoms with Crippen LogP contribution in [0.1, 0.15) is 0 Å². The molecule has 0 saturated carbocycles. The minimum atomic E-state index is -4.55. The lowest BCUT2D eigenvalue weighted by atomic mass is 10.1. The maximum absolute atomic E-state index is 11.5. The lowest BCUT2D eigenvalue weighted by molar-refractivity contribution is 0.373. The van der Waals surface area contributed by atoms with Gasteiger partial charge < -0.3 is 4.74 Å².